The molecule has 1 aromatic carbocycles. The van der Waals surface area contributed by atoms with Gasteiger partial charge < -0.3 is 0 Å². The average Bonchev–Trinajstić information content (AvgIpc) is 2.97. The number of halogens is 1. The molecule has 6 heteroatoms. The van der Waals surface area contributed by atoms with E-state index in [0.717, 1.165) is 22.2 Å². The van der Waals surface area contributed by atoms with Crippen LogP contribution in [0.1, 0.15) is 32.1 Å². The molecule has 0 bridgehead atoms. The third-order valence-electron chi connectivity index (χ3n) is 6.09. The molecule has 2 aliphatic rings. The Hall–Kier alpha value is -1.21. The molecule has 0 radical (unpaired) electrons. The summed E-state index contributed by atoms with van der Waals surface area (Å²) >= 11 is 2.59. The Morgan fingerprint density at radius 1 is 1.14 bits per heavy atom. The number of hydrogen-bond donors (Lipinski definition) is 1. The molecule has 0 saturated heterocycles. The minimum absolute atomic E-state index is 0.0404. The number of hydrogen-bond acceptors (Lipinski definition) is 3. The number of carbonyl (C=O) groups excluding carboxylic acids is 1. The summed E-state index contributed by atoms with van der Waals surface area (Å²) in [5.41, 5.74) is 3.60. The molecule has 0 amide bonds. The van der Waals surface area contributed by atoms with Crippen molar-refractivity contribution in [3.05, 3.63) is 49.6 Å². The molecule has 0 unspecified atom stereocenters. The molecule has 2 heterocycles. The van der Waals surface area contributed by atoms with Crippen molar-refractivity contribution in [3.8, 4) is 15.8 Å². The number of rotatable bonds is 3. The molecule has 1 aliphatic heterocycles. The minimum atomic E-state index is -2.41. The molecule has 1 N–H and O–H groups in total. The van der Waals surface area contributed by atoms with Crippen LogP contribution in [-0.2, 0) is 4.79 Å². The van der Waals surface area contributed by atoms with E-state index in [1.54, 1.807) is 12.1 Å². The fraction of sp³-hybridized carbons (Fsp3) is 0.304. The maximum atomic E-state index is 12.4. The number of benzene rings is 1. The summed E-state index contributed by atoms with van der Waals surface area (Å²) in [5, 5.41) is 13.4. The molecule has 3 nitrogen and oxygen atoms in total. The summed E-state index contributed by atoms with van der Waals surface area (Å²) in [7, 11) is -2.41. The number of aliphatic imine (C=N–C) groups is 1. The van der Waals surface area contributed by atoms with Crippen molar-refractivity contribution in [1.82, 2.24) is 0 Å². The molecule has 0 spiro atoms. The van der Waals surface area contributed by atoms with Crippen LogP contribution in [0.3, 0.4) is 0 Å². The Kier molecular flexibility index (Phi) is 5.43. The first kappa shape index (κ1) is 21.0. The van der Waals surface area contributed by atoms with Gasteiger partial charge >= 0.3 is 194 Å². The van der Waals surface area contributed by atoms with Gasteiger partial charge in [0.25, 0.3) is 0 Å². The molecule has 0 saturated carbocycles. The van der Waals surface area contributed by atoms with E-state index in [0.29, 0.717) is 16.8 Å². The number of phenols is 1. The number of aromatic hydroxyl groups is 1. The van der Waals surface area contributed by atoms with Gasteiger partial charge in [0.15, 0.2) is 0 Å². The van der Waals surface area contributed by atoms with Crippen LogP contribution >= 0.6 is 22.6 Å². The number of fused-ring (bicyclic) bond motifs is 2. The average molecular weight is 580 g/mol. The molecule has 4 rings (SSSR count). The van der Waals surface area contributed by atoms with E-state index >= 15 is 0 Å². The topological polar surface area (TPSA) is 49.7 Å². The third-order valence-corrected chi connectivity index (χ3v) is 16.3. The maximum absolute atomic E-state index is 12.4. The SMILES string of the molecule is Cc1cc(I)c(-c2c(O)ccc3c2[Si](C(C)C)(C(C)C)C2=CC(=O)C=CC2=N3)[se]1. The second-order valence-corrected chi connectivity index (χ2v) is 17.2. The van der Waals surface area contributed by atoms with Gasteiger partial charge in [0.1, 0.15) is 0 Å². The van der Waals surface area contributed by atoms with Crippen LogP contribution in [0.5, 0.6) is 5.75 Å². The van der Waals surface area contributed by atoms with Crippen molar-refractivity contribution < 1.29 is 9.90 Å². The third kappa shape index (κ3) is 3.11. The van der Waals surface area contributed by atoms with Crippen molar-refractivity contribution in [2.24, 2.45) is 4.99 Å². The fourth-order valence-corrected chi connectivity index (χ4v) is 15.2. The molecule has 1 aromatic heterocycles. The molecular weight excluding hydrogens is 556 g/mol. The van der Waals surface area contributed by atoms with Crippen molar-refractivity contribution in [1.29, 1.82) is 0 Å². The van der Waals surface area contributed by atoms with Gasteiger partial charge in [-0.15, -0.1) is 0 Å². The zero-order chi connectivity index (χ0) is 21.1. The first-order valence-electron chi connectivity index (χ1n) is 9.83. The normalized spacial score (nSPS) is 17.3. The first-order valence-corrected chi connectivity index (χ1v) is 14.8. The number of carbonyl (C=O) groups is 1. The zero-order valence-electron chi connectivity index (χ0n) is 17.2. The van der Waals surface area contributed by atoms with Crippen LogP contribution in [0.2, 0.25) is 11.1 Å². The van der Waals surface area contributed by atoms with Gasteiger partial charge in [0, 0.05) is 0 Å². The second kappa shape index (κ2) is 7.48. The van der Waals surface area contributed by atoms with Crippen molar-refractivity contribution in [2.45, 2.75) is 45.7 Å². The Morgan fingerprint density at radius 3 is 2.41 bits per heavy atom. The zero-order valence-corrected chi connectivity index (χ0v) is 22.1. The van der Waals surface area contributed by atoms with E-state index in [4.69, 9.17) is 4.99 Å². The Morgan fingerprint density at radius 2 is 1.83 bits per heavy atom. The standard InChI is InChI=1S/C23H24INO2SeSi/c1-12(2)29(13(3)4)20-11-15(26)6-7-17(20)25-18-8-9-19(27)21(23(18)29)22-16(24)10-14(5)28-22/h6-13,27H,1-5H3. The van der Waals surface area contributed by atoms with Crippen LogP contribution in [0.15, 0.2) is 46.6 Å². The van der Waals surface area contributed by atoms with Crippen LogP contribution < -0.4 is 5.19 Å². The van der Waals surface area contributed by atoms with E-state index in [1.165, 1.54) is 17.6 Å². The number of allylic oxidation sites excluding steroid dienone is 4. The molecule has 29 heavy (non-hydrogen) atoms. The quantitative estimate of drug-likeness (QED) is 0.309. The number of phenolic OH excluding ortho intramolecular Hbond substituents is 1. The Balaban J connectivity index is 2.19. The predicted molar refractivity (Wildman–Crippen MR) is 133 cm³/mol. The van der Waals surface area contributed by atoms with Gasteiger partial charge in [-0.05, 0) is 0 Å². The van der Waals surface area contributed by atoms with E-state index in [9.17, 15) is 9.90 Å². The summed E-state index contributed by atoms with van der Waals surface area (Å²) < 4.78 is 3.83. The number of nitrogens with zero attached hydrogens (tertiary/aromatic N) is 1. The van der Waals surface area contributed by atoms with Crippen LogP contribution in [0, 0.1) is 10.5 Å². The molecular formula is C23H24INO2SeSi. The number of ketones is 1. The monoisotopic (exact) mass is 581 g/mol. The van der Waals surface area contributed by atoms with Crippen LogP contribution in [0.25, 0.3) is 10.0 Å². The second-order valence-electron chi connectivity index (χ2n) is 8.36. The summed E-state index contributed by atoms with van der Waals surface area (Å²) in [4.78, 5) is 17.4. The predicted octanol–water partition coefficient (Wildman–Crippen LogP) is 5.20. The molecule has 0 atom stereocenters. The van der Waals surface area contributed by atoms with Gasteiger partial charge in [-0.1, -0.05) is 0 Å². The van der Waals surface area contributed by atoms with E-state index in [-0.39, 0.29) is 20.3 Å². The summed E-state index contributed by atoms with van der Waals surface area (Å²) in [6, 6.07) is 5.99. The van der Waals surface area contributed by atoms with Crippen molar-refractivity contribution in [3.63, 3.8) is 0 Å². The Labute approximate surface area is 192 Å². The summed E-state index contributed by atoms with van der Waals surface area (Å²) in [6.45, 7) is 11.3. The molecule has 150 valence electrons. The number of aryl methyl sites for hydroxylation is 1. The van der Waals surface area contributed by atoms with E-state index in [1.807, 2.05) is 18.2 Å². The van der Waals surface area contributed by atoms with Gasteiger partial charge in [0.2, 0.25) is 0 Å². The fourth-order valence-electron chi connectivity index (χ4n) is 5.05. The summed E-state index contributed by atoms with van der Waals surface area (Å²) in [6.07, 6.45) is 5.33. The molecule has 0 fully saturated rings. The van der Waals surface area contributed by atoms with Crippen molar-refractivity contribution in [2.75, 3.05) is 0 Å². The van der Waals surface area contributed by atoms with Crippen LogP contribution in [-0.4, -0.2) is 39.2 Å². The molecule has 2 aromatic rings. The van der Waals surface area contributed by atoms with Gasteiger partial charge in [-0.3, -0.25) is 0 Å². The van der Waals surface area contributed by atoms with Crippen molar-refractivity contribution >= 4 is 67.5 Å². The van der Waals surface area contributed by atoms with E-state index < -0.39 is 8.07 Å². The Bertz CT molecular complexity index is 1120. The first-order chi connectivity index (χ1) is 13.7. The van der Waals surface area contributed by atoms with Gasteiger partial charge in [-0.25, -0.2) is 0 Å². The van der Waals surface area contributed by atoms with Crippen LogP contribution in [0.4, 0.5) is 5.69 Å². The summed E-state index contributed by atoms with van der Waals surface area (Å²) in [5.74, 6) is 0.381. The van der Waals surface area contributed by atoms with Gasteiger partial charge in [-0.2, -0.15) is 0 Å². The molecule has 1 aliphatic carbocycles. The van der Waals surface area contributed by atoms with E-state index in [2.05, 4.69) is 63.3 Å². The van der Waals surface area contributed by atoms with Gasteiger partial charge in [0.05, 0.1) is 0 Å².